The minimum absolute atomic E-state index is 0.258. The lowest BCUT2D eigenvalue weighted by molar-refractivity contribution is -0.124. The molecule has 1 fully saturated rings. The van der Waals surface area contributed by atoms with Crippen LogP contribution in [-0.4, -0.2) is 36.0 Å². The molecular formula is C14H21N3O. The Labute approximate surface area is 108 Å². The van der Waals surface area contributed by atoms with Gasteiger partial charge in [0.15, 0.2) is 0 Å². The van der Waals surface area contributed by atoms with Crippen LogP contribution in [0.15, 0.2) is 30.3 Å². The number of nitrogens with zero attached hydrogens (tertiary/aromatic N) is 1. The molecule has 0 aliphatic carbocycles. The average molecular weight is 247 g/mol. The smallest absolute Gasteiger partial charge is 0.243 e. The van der Waals surface area contributed by atoms with Gasteiger partial charge in [0.1, 0.15) is 5.54 Å². The van der Waals surface area contributed by atoms with E-state index >= 15 is 0 Å². The van der Waals surface area contributed by atoms with Crippen LogP contribution in [0.2, 0.25) is 0 Å². The number of carbonyl (C=O) groups is 1. The predicted octanol–water partition coefficient (Wildman–Crippen LogP) is 1.44. The van der Waals surface area contributed by atoms with Crippen molar-refractivity contribution in [2.45, 2.75) is 31.3 Å². The van der Waals surface area contributed by atoms with Crippen LogP contribution in [0, 0.1) is 0 Å². The lowest BCUT2D eigenvalue weighted by atomic mass is 9.83. The summed E-state index contributed by atoms with van der Waals surface area (Å²) < 4.78 is 0. The van der Waals surface area contributed by atoms with Crippen LogP contribution >= 0.6 is 0 Å². The lowest BCUT2D eigenvalue weighted by Crippen LogP contribution is -2.58. The van der Waals surface area contributed by atoms with Crippen LogP contribution in [0.5, 0.6) is 0 Å². The largest absolute Gasteiger partial charge is 0.371 e. The molecule has 98 valence electrons. The molecule has 0 spiro atoms. The third-order valence-electron chi connectivity index (χ3n) is 3.92. The Morgan fingerprint density at radius 1 is 1.44 bits per heavy atom. The van der Waals surface area contributed by atoms with E-state index in [1.54, 1.807) is 0 Å². The van der Waals surface area contributed by atoms with Crippen LogP contribution in [0.1, 0.15) is 19.8 Å². The van der Waals surface area contributed by atoms with Crippen molar-refractivity contribution in [2.75, 3.05) is 18.9 Å². The first-order valence-electron chi connectivity index (χ1n) is 6.37. The number of nitrogens with one attached hydrogen (secondary N) is 1. The van der Waals surface area contributed by atoms with E-state index in [9.17, 15) is 4.79 Å². The van der Waals surface area contributed by atoms with Crippen LogP contribution in [0.4, 0.5) is 5.69 Å². The number of para-hydroxylation sites is 1. The van der Waals surface area contributed by atoms with E-state index in [0.29, 0.717) is 6.04 Å². The molecule has 0 bridgehead atoms. The van der Waals surface area contributed by atoms with Gasteiger partial charge in [-0.25, -0.2) is 0 Å². The maximum atomic E-state index is 11.9. The fourth-order valence-electron chi connectivity index (χ4n) is 2.55. The average Bonchev–Trinajstić information content (AvgIpc) is 2.35. The zero-order chi connectivity index (χ0) is 13.2. The van der Waals surface area contributed by atoms with Crippen LogP contribution < -0.4 is 11.1 Å². The summed E-state index contributed by atoms with van der Waals surface area (Å²) in [6.45, 7) is 3.01. The molecule has 1 heterocycles. The predicted molar refractivity (Wildman–Crippen MR) is 73.3 cm³/mol. The van der Waals surface area contributed by atoms with Crippen molar-refractivity contribution in [2.24, 2.45) is 5.73 Å². The summed E-state index contributed by atoms with van der Waals surface area (Å²) in [4.78, 5) is 14.1. The first-order valence-corrected chi connectivity index (χ1v) is 6.37. The second kappa shape index (κ2) is 4.98. The molecule has 2 unspecified atom stereocenters. The Bertz CT molecular complexity index is 420. The number of primary amides is 1. The molecular weight excluding hydrogens is 226 g/mol. The molecule has 0 aromatic heterocycles. The highest BCUT2D eigenvalue weighted by Gasteiger charge is 2.41. The zero-order valence-corrected chi connectivity index (χ0v) is 11.0. The van der Waals surface area contributed by atoms with Crippen molar-refractivity contribution in [3.63, 3.8) is 0 Å². The molecule has 1 aliphatic heterocycles. The van der Waals surface area contributed by atoms with E-state index in [0.717, 1.165) is 25.1 Å². The minimum Gasteiger partial charge on any atom is -0.371 e. The molecule has 3 N–H and O–H groups in total. The maximum Gasteiger partial charge on any atom is 0.243 e. The lowest BCUT2D eigenvalue weighted by Gasteiger charge is -2.43. The molecule has 0 saturated carbocycles. The van der Waals surface area contributed by atoms with Crippen LogP contribution in [0.25, 0.3) is 0 Å². The summed E-state index contributed by atoms with van der Waals surface area (Å²) in [6.07, 6.45) is 1.49. The van der Waals surface area contributed by atoms with Crippen molar-refractivity contribution in [3.8, 4) is 0 Å². The van der Waals surface area contributed by atoms with E-state index in [2.05, 4.69) is 24.2 Å². The number of amides is 1. The van der Waals surface area contributed by atoms with E-state index in [4.69, 9.17) is 5.73 Å². The molecule has 1 amide bonds. The van der Waals surface area contributed by atoms with Crippen molar-refractivity contribution in [1.29, 1.82) is 0 Å². The van der Waals surface area contributed by atoms with Gasteiger partial charge in [-0.1, -0.05) is 18.2 Å². The molecule has 2 atom stereocenters. The molecule has 4 heteroatoms. The van der Waals surface area contributed by atoms with E-state index in [1.807, 2.05) is 30.3 Å². The molecule has 18 heavy (non-hydrogen) atoms. The number of piperidine rings is 1. The number of likely N-dealkylation sites (tertiary alicyclic amines) is 1. The second-order valence-corrected chi connectivity index (χ2v) is 5.22. The highest BCUT2D eigenvalue weighted by atomic mass is 16.1. The monoisotopic (exact) mass is 247 g/mol. The Hall–Kier alpha value is -1.55. The van der Waals surface area contributed by atoms with Gasteiger partial charge in [0.2, 0.25) is 5.91 Å². The van der Waals surface area contributed by atoms with Gasteiger partial charge in [0, 0.05) is 18.3 Å². The van der Waals surface area contributed by atoms with Gasteiger partial charge in [-0.05, 0) is 38.9 Å². The third-order valence-corrected chi connectivity index (χ3v) is 3.92. The van der Waals surface area contributed by atoms with Gasteiger partial charge in [0.05, 0.1) is 0 Å². The standard InChI is InChI=1S/C14H21N3O/c1-11-10-14(13(15)18,8-9-17(11)2)16-12-6-4-3-5-7-12/h3-7,11,16H,8-10H2,1-2H3,(H2,15,18). The van der Waals surface area contributed by atoms with Gasteiger partial charge in [-0.3, -0.25) is 4.79 Å². The number of benzene rings is 1. The number of hydrogen-bond acceptors (Lipinski definition) is 3. The summed E-state index contributed by atoms with van der Waals surface area (Å²) in [5.41, 5.74) is 5.97. The summed E-state index contributed by atoms with van der Waals surface area (Å²) in [7, 11) is 2.08. The van der Waals surface area contributed by atoms with Gasteiger partial charge < -0.3 is 16.0 Å². The van der Waals surface area contributed by atoms with Crippen molar-refractivity contribution in [3.05, 3.63) is 30.3 Å². The first kappa shape index (κ1) is 12.9. The molecule has 0 radical (unpaired) electrons. The van der Waals surface area contributed by atoms with Gasteiger partial charge in [-0.2, -0.15) is 0 Å². The maximum absolute atomic E-state index is 11.9. The van der Waals surface area contributed by atoms with E-state index < -0.39 is 5.54 Å². The fourth-order valence-corrected chi connectivity index (χ4v) is 2.55. The number of rotatable bonds is 3. The van der Waals surface area contributed by atoms with Crippen molar-refractivity contribution >= 4 is 11.6 Å². The molecule has 1 aromatic rings. The minimum atomic E-state index is -0.618. The zero-order valence-electron chi connectivity index (χ0n) is 11.0. The Morgan fingerprint density at radius 2 is 2.11 bits per heavy atom. The topological polar surface area (TPSA) is 58.4 Å². The highest BCUT2D eigenvalue weighted by Crippen LogP contribution is 2.29. The summed E-state index contributed by atoms with van der Waals surface area (Å²) in [5, 5.41) is 3.34. The van der Waals surface area contributed by atoms with Crippen molar-refractivity contribution < 1.29 is 4.79 Å². The van der Waals surface area contributed by atoms with Crippen molar-refractivity contribution in [1.82, 2.24) is 4.90 Å². The van der Waals surface area contributed by atoms with Crippen LogP contribution in [0.3, 0.4) is 0 Å². The van der Waals surface area contributed by atoms with Gasteiger partial charge in [0.25, 0.3) is 0 Å². The normalized spacial score (nSPS) is 28.9. The van der Waals surface area contributed by atoms with E-state index in [1.165, 1.54) is 0 Å². The number of hydrogen-bond donors (Lipinski definition) is 2. The summed E-state index contributed by atoms with van der Waals surface area (Å²) >= 11 is 0. The summed E-state index contributed by atoms with van der Waals surface area (Å²) in [5.74, 6) is -0.258. The van der Waals surface area contributed by atoms with Crippen LogP contribution in [-0.2, 0) is 4.79 Å². The third kappa shape index (κ3) is 2.48. The van der Waals surface area contributed by atoms with Gasteiger partial charge >= 0.3 is 0 Å². The Morgan fingerprint density at radius 3 is 2.67 bits per heavy atom. The highest BCUT2D eigenvalue weighted by molar-refractivity contribution is 5.88. The van der Waals surface area contributed by atoms with Gasteiger partial charge in [-0.15, -0.1) is 0 Å². The molecule has 4 nitrogen and oxygen atoms in total. The number of carbonyl (C=O) groups excluding carboxylic acids is 1. The molecule has 1 aliphatic rings. The molecule has 2 rings (SSSR count). The Balaban J connectivity index is 2.20. The second-order valence-electron chi connectivity index (χ2n) is 5.22. The molecule has 1 saturated heterocycles. The van der Waals surface area contributed by atoms with E-state index in [-0.39, 0.29) is 5.91 Å². The summed E-state index contributed by atoms with van der Waals surface area (Å²) in [6, 6.07) is 10.1. The first-order chi connectivity index (χ1) is 8.53. The fraction of sp³-hybridized carbons (Fsp3) is 0.500. The number of anilines is 1. The SMILES string of the molecule is CC1CC(Nc2ccccc2)(C(N)=O)CCN1C. The quantitative estimate of drug-likeness (QED) is 0.849. The number of nitrogens with two attached hydrogens (primary N) is 1. The molecule has 1 aromatic carbocycles. The Kier molecular flexibility index (Phi) is 3.57.